The third-order valence-electron chi connectivity index (χ3n) is 3.09. The number of hydrogen-bond donors (Lipinski definition) is 2. The molecule has 1 aliphatic rings. The highest BCUT2D eigenvalue weighted by Gasteiger charge is 2.23. The molecule has 4 heteroatoms. The van der Waals surface area contributed by atoms with Crippen molar-refractivity contribution in [1.29, 1.82) is 0 Å². The van der Waals surface area contributed by atoms with E-state index in [0.717, 1.165) is 19.3 Å². The maximum Gasteiger partial charge on any atom is 0.220 e. The first-order valence-corrected chi connectivity index (χ1v) is 6.05. The van der Waals surface area contributed by atoms with Crippen LogP contribution in [0.1, 0.15) is 32.6 Å². The minimum atomic E-state index is -0.158. The van der Waals surface area contributed by atoms with E-state index in [1.807, 2.05) is 6.92 Å². The highest BCUT2D eigenvalue weighted by atomic mass is 16.5. The maximum absolute atomic E-state index is 11.5. The van der Waals surface area contributed by atoms with Crippen molar-refractivity contribution in [3.8, 4) is 0 Å². The van der Waals surface area contributed by atoms with E-state index in [4.69, 9.17) is 4.74 Å². The highest BCUT2D eigenvalue weighted by molar-refractivity contribution is 5.76. The van der Waals surface area contributed by atoms with Crippen LogP contribution in [-0.4, -0.2) is 37.4 Å². The summed E-state index contributed by atoms with van der Waals surface area (Å²) in [5.41, 5.74) is 0. The van der Waals surface area contributed by atoms with Crippen molar-refractivity contribution in [3.05, 3.63) is 0 Å². The van der Waals surface area contributed by atoms with Gasteiger partial charge in [0.05, 0.1) is 6.10 Å². The van der Waals surface area contributed by atoms with Gasteiger partial charge in [-0.05, 0) is 31.1 Å². The number of rotatable bonds is 6. The van der Waals surface area contributed by atoms with E-state index in [2.05, 4.69) is 5.32 Å². The van der Waals surface area contributed by atoms with Gasteiger partial charge in [0, 0.05) is 26.7 Å². The van der Waals surface area contributed by atoms with Crippen molar-refractivity contribution in [1.82, 2.24) is 5.32 Å². The van der Waals surface area contributed by atoms with E-state index in [-0.39, 0.29) is 17.9 Å². The molecule has 1 fully saturated rings. The molecule has 1 saturated carbocycles. The van der Waals surface area contributed by atoms with E-state index in [9.17, 15) is 9.90 Å². The second-order valence-corrected chi connectivity index (χ2v) is 4.90. The first-order valence-electron chi connectivity index (χ1n) is 6.05. The predicted molar refractivity (Wildman–Crippen MR) is 62.0 cm³/mol. The molecule has 16 heavy (non-hydrogen) atoms. The minimum Gasteiger partial charge on any atom is -0.393 e. The number of ether oxygens (including phenoxy) is 1. The van der Waals surface area contributed by atoms with Gasteiger partial charge in [-0.3, -0.25) is 4.79 Å². The van der Waals surface area contributed by atoms with Gasteiger partial charge in [0.25, 0.3) is 0 Å². The molecule has 94 valence electrons. The van der Waals surface area contributed by atoms with Gasteiger partial charge in [-0.2, -0.15) is 0 Å². The zero-order valence-electron chi connectivity index (χ0n) is 10.2. The van der Waals surface area contributed by atoms with Crippen LogP contribution >= 0.6 is 0 Å². The van der Waals surface area contributed by atoms with Gasteiger partial charge in [0.15, 0.2) is 0 Å². The number of aliphatic hydroxyl groups excluding tert-OH is 1. The lowest BCUT2D eigenvalue weighted by Crippen LogP contribution is -2.30. The van der Waals surface area contributed by atoms with Crippen molar-refractivity contribution in [2.45, 2.75) is 38.7 Å². The van der Waals surface area contributed by atoms with Crippen LogP contribution in [0, 0.1) is 11.8 Å². The normalized spacial score (nSPS) is 26.7. The molecule has 0 bridgehead atoms. The Morgan fingerprint density at radius 3 is 2.88 bits per heavy atom. The summed E-state index contributed by atoms with van der Waals surface area (Å²) in [4.78, 5) is 11.5. The largest absolute Gasteiger partial charge is 0.393 e. The number of nitrogens with one attached hydrogen (secondary N) is 1. The molecule has 0 aliphatic heterocycles. The maximum atomic E-state index is 11.5. The topological polar surface area (TPSA) is 58.6 Å². The smallest absolute Gasteiger partial charge is 0.220 e. The van der Waals surface area contributed by atoms with Gasteiger partial charge in [-0.15, -0.1) is 0 Å². The third kappa shape index (κ3) is 4.94. The molecule has 3 unspecified atom stereocenters. The Kier molecular flexibility index (Phi) is 5.77. The summed E-state index contributed by atoms with van der Waals surface area (Å²) in [6.07, 6.45) is 3.08. The lowest BCUT2D eigenvalue weighted by Gasteiger charge is -2.13. The average molecular weight is 229 g/mol. The summed E-state index contributed by atoms with van der Waals surface area (Å²) >= 11 is 0. The summed E-state index contributed by atoms with van der Waals surface area (Å²) in [6.45, 7) is 3.33. The lowest BCUT2D eigenvalue weighted by atomic mass is 10.1. The summed E-state index contributed by atoms with van der Waals surface area (Å²) in [5, 5.41) is 12.3. The number of amides is 1. The molecule has 0 saturated heterocycles. The fraction of sp³-hybridized carbons (Fsp3) is 0.917. The van der Waals surface area contributed by atoms with Crippen LogP contribution in [0.4, 0.5) is 0 Å². The summed E-state index contributed by atoms with van der Waals surface area (Å²) in [7, 11) is 1.65. The van der Waals surface area contributed by atoms with E-state index in [0.29, 0.717) is 25.5 Å². The molecule has 0 heterocycles. The van der Waals surface area contributed by atoms with Gasteiger partial charge in [0.1, 0.15) is 0 Å². The van der Waals surface area contributed by atoms with Crippen LogP contribution in [0.15, 0.2) is 0 Å². The van der Waals surface area contributed by atoms with E-state index >= 15 is 0 Å². The van der Waals surface area contributed by atoms with Gasteiger partial charge < -0.3 is 15.2 Å². The minimum absolute atomic E-state index is 0.0888. The number of carbonyl (C=O) groups is 1. The summed E-state index contributed by atoms with van der Waals surface area (Å²) < 4.78 is 4.98. The quantitative estimate of drug-likeness (QED) is 0.712. The van der Waals surface area contributed by atoms with E-state index in [1.54, 1.807) is 7.11 Å². The van der Waals surface area contributed by atoms with Gasteiger partial charge in [-0.25, -0.2) is 0 Å². The first kappa shape index (κ1) is 13.5. The van der Waals surface area contributed by atoms with Crippen LogP contribution in [-0.2, 0) is 9.53 Å². The van der Waals surface area contributed by atoms with Gasteiger partial charge >= 0.3 is 0 Å². The number of carbonyl (C=O) groups excluding carboxylic acids is 1. The molecular weight excluding hydrogens is 206 g/mol. The molecule has 2 N–H and O–H groups in total. The summed E-state index contributed by atoms with van der Waals surface area (Å²) in [6, 6.07) is 0. The molecule has 4 nitrogen and oxygen atoms in total. The number of methoxy groups -OCH3 is 1. The Hall–Kier alpha value is -0.610. The van der Waals surface area contributed by atoms with Crippen molar-refractivity contribution in [3.63, 3.8) is 0 Å². The lowest BCUT2D eigenvalue weighted by molar-refractivity contribution is -0.122. The fourth-order valence-electron chi connectivity index (χ4n) is 2.22. The van der Waals surface area contributed by atoms with Crippen molar-refractivity contribution in [2.24, 2.45) is 11.8 Å². The monoisotopic (exact) mass is 229 g/mol. The van der Waals surface area contributed by atoms with Gasteiger partial charge in [0.2, 0.25) is 5.91 Å². The second-order valence-electron chi connectivity index (χ2n) is 4.90. The standard InChI is InChI=1S/C12H23NO3/c1-9(8-16-2)5-12(15)13-7-10-3-4-11(14)6-10/h9-11,14H,3-8H2,1-2H3,(H,13,15). The fourth-order valence-corrected chi connectivity index (χ4v) is 2.22. The van der Waals surface area contributed by atoms with Crippen molar-refractivity contribution >= 4 is 5.91 Å². The molecular formula is C12H23NO3. The van der Waals surface area contributed by atoms with Crippen molar-refractivity contribution < 1.29 is 14.6 Å². The first-order chi connectivity index (χ1) is 7.61. The van der Waals surface area contributed by atoms with Crippen LogP contribution in [0.5, 0.6) is 0 Å². The molecule has 1 amide bonds. The molecule has 0 aromatic rings. The zero-order chi connectivity index (χ0) is 12.0. The Balaban J connectivity index is 2.10. The molecule has 0 aromatic heterocycles. The SMILES string of the molecule is COCC(C)CC(=O)NCC1CCC(O)C1. The molecule has 0 radical (unpaired) electrons. The molecule has 0 aromatic carbocycles. The van der Waals surface area contributed by atoms with Crippen LogP contribution in [0.2, 0.25) is 0 Å². The van der Waals surface area contributed by atoms with E-state index in [1.165, 1.54) is 0 Å². The third-order valence-corrected chi connectivity index (χ3v) is 3.09. The van der Waals surface area contributed by atoms with Crippen LogP contribution in [0.25, 0.3) is 0 Å². The Morgan fingerprint density at radius 1 is 1.56 bits per heavy atom. The Labute approximate surface area is 97.4 Å². The van der Waals surface area contributed by atoms with Gasteiger partial charge in [-0.1, -0.05) is 6.92 Å². The number of aliphatic hydroxyl groups is 1. The van der Waals surface area contributed by atoms with Crippen molar-refractivity contribution in [2.75, 3.05) is 20.3 Å². The highest BCUT2D eigenvalue weighted by Crippen LogP contribution is 2.24. The van der Waals surface area contributed by atoms with E-state index < -0.39 is 0 Å². The Morgan fingerprint density at radius 2 is 2.31 bits per heavy atom. The summed E-state index contributed by atoms with van der Waals surface area (Å²) in [5.74, 6) is 0.807. The zero-order valence-corrected chi connectivity index (χ0v) is 10.2. The Bertz CT molecular complexity index is 220. The average Bonchev–Trinajstić information content (AvgIpc) is 2.61. The molecule has 1 aliphatic carbocycles. The second kappa shape index (κ2) is 6.86. The predicted octanol–water partition coefficient (Wildman–Crippen LogP) is 0.936. The molecule has 0 spiro atoms. The molecule has 1 rings (SSSR count). The number of hydrogen-bond acceptors (Lipinski definition) is 3. The molecule has 3 atom stereocenters. The van der Waals surface area contributed by atoms with Crippen LogP contribution < -0.4 is 5.32 Å². The van der Waals surface area contributed by atoms with Crippen LogP contribution in [0.3, 0.4) is 0 Å².